The summed E-state index contributed by atoms with van der Waals surface area (Å²) in [6, 6.07) is 1.34. The van der Waals surface area contributed by atoms with Crippen molar-refractivity contribution in [2.24, 2.45) is 5.41 Å². The van der Waals surface area contributed by atoms with Gasteiger partial charge in [0, 0.05) is 12.1 Å². The number of unbranched alkanes of at least 4 members (excludes halogenated alkanes) is 1. The minimum atomic E-state index is 0.348. The summed E-state index contributed by atoms with van der Waals surface area (Å²) in [5.74, 6) is 0. The number of rotatable bonds is 11. The molecule has 0 spiro atoms. The van der Waals surface area contributed by atoms with Crippen LogP contribution in [-0.4, -0.2) is 36.6 Å². The summed E-state index contributed by atoms with van der Waals surface area (Å²) in [7, 11) is 0. The van der Waals surface area contributed by atoms with Crippen LogP contribution in [0.3, 0.4) is 0 Å². The first-order valence-corrected chi connectivity index (χ1v) is 8.84. The van der Waals surface area contributed by atoms with Crippen molar-refractivity contribution >= 4 is 0 Å². The molecular formula is C18H40N2. The van der Waals surface area contributed by atoms with E-state index in [4.69, 9.17) is 0 Å². The number of hydrogen-bond acceptors (Lipinski definition) is 2. The highest BCUT2D eigenvalue weighted by atomic mass is 15.1. The van der Waals surface area contributed by atoms with Gasteiger partial charge >= 0.3 is 0 Å². The van der Waals surface area contributed by atoms with Crippen LogP contribution in [0.4, 0.5) is 0 Å². The van der Waals surface area contributed by atoms with Crippen molar-refractivity contribution < 1.29 is 0 Å². The first-order chi connectivity index (χ1) is 9.36. The van der Waals surface area contributed by atoms with E-state index in [0.717, 1.165) is 6.54 Å². The monoisotopic (exact) mass is 284 g/mol. The Bertz CT molecular complexity index is 220. The molecule has 0 aliphatic carbocycles. The number of nitrogens with one attached hydrogen (secondary N) is 1. The Labute approximate surface area is 128 Å². The lowest BCUT2D eigenvalue weighted by Crippen LogP contribution is -2.44. The molecule has 0 radical (unpaired) electrons. The van der Waals surface area contributed by atoms with Crippen molar-refractivity contribution in [2.75, 3.05) is 19.6 Å². The Morgan fingerprint density at radius 1 is 1.00 bits per heavy atom. The third-order valence-corrected chi connectivity index (χ3v) is 4.40. The quantitative estimate of drug-likeness (QED) is 0.592. The maximum Gasteiger partial charge on any atom is 0.0128 e. The lowest BCUT2D eigenvalue weighted by atomic mass is 9.84. The second-order valence-electron chi connectivity index (χ2n) is 7.31. The molecule has 0 saturated carbocycles. The average Bonchev–Trinajstić information content (AvgIpc) is 2.39. The van der Waals surface area contributed by atoms with Gasteiger partial charge in [0.2, 0.25) is 0 Å². The van der Waals surface area contributed by atoms with E-state index in [2.05, 4.69) is 58.7 Å². The summed E-state index contributed by atoms with van der Waals surface area (Å²) in [5.41, 5.74) is 0.348. The Balaban J connectivity index is 4.44. The number of hydrogen-bond donors (Lipinski definition) is 1. The van der Waals surface area contributed by atoms with Crippen molar-refractivity contribution in [1.29, 1.82) is 0 Å². The Kier molecular flexibility index (Phi) is 10.6. The highest BCUT2D eigenvalue weighted by Crippen LogP contribution is 2.22. The van der Waals surface area contributed by atoms with Crippen molar-refractivity contribution in [2.45, 2.75) is 92.7 Å². The Morgan fingerprint density at radius 2 is 1.65 bits per heavy atom. The fraction of sp³-hybridized carbons (Fsp3) is 1.00. The van der Waals surface area contributed by atoms with E-state index >= 15 is 0 Å². The van der Waals surface area contributed by atoms with Crippen molar-refractivity contribution in [3.05, 3.63) is 0 Å². The van der Waals surface area contributed by atoms with E-state index in [-0.39, 0.29) is 0 Å². The second-order valence-corrected chi connectivity index (χ2v) is 7.31. The topological polar surface area (TPSA) is 15.3 Å². The molecule has 2 heteroatoms. The van der Waals surface area contributed by atoms with E-state index in [9.17, 15) is 0 Å². The van der Waals surface area contributed by atoms with Crippen molar-refractivity contribution in [3.8, 4) is 0 Å². The van der Waals surface area contributed by atoms with Gasteiger partial charge in [0.1, 0.15) is 0 Å². The van der Waals surface area contributed by atoms with E-state index in [1.54, 1.807) is 0 Å². The van der Waals surface area contributed by atoms with E-state index < -0.39 is 0 Å². The third-order valence-electron chi connectivity index (χ3n) is 4.40. The summed E-state index contributed by atoms with van der Waals surface area (Å²) >= 11 is 0. The lowest BCUT2D eigenvalue weighted by molar-refractivity contribution is 0.166. The molecule has 2 nitrogen and oxygen atoms in total. The molecule has 0 aliphatic heterocycles. The van der Waals surface area contributed by atoms with Gasteiger partial charge in [0.05, 0.1) is 0 Å². The first-order valence-electron chi connectivity index (χ1n) is 8.84. The second kappa shape index (κ2) is 10.6. The van der Waals surface area contributed by atoms with Crippen molar-refractivity contribution in [1.82, 2.24) is 10.2 Å². The molecule has 2 unspecified atom stereocenters. The fourth-order valence-electron chi connectivity index (χ4n) is 2.63. The van der Waals surface area contributed by atoms with Gasteiger partial charge in [-0.3, -0.25) is 0 Å². The maximum absolute atomic E-state index is 3.75. The van der Waals surface area contributed by atoms with Gasteiger partial charge in [-0.05, 0) is 57.7 Å². The van der Waals surface area contributed by atoms with Gasteiger partial charge in [-0.2, -0.15) is 0 Å². The van der Waals surface area contributed by atoms with Crippen LogP contribution in [0.5, 0.6) is 0 Å². The minimum absolute atomic E-state index is 0.348. The van der Waals surface area contributed by atoms with Gasteiger partial charge in [0.15, 0.2) is 0 Å². The fourth-order valence-corrected chi connectivity index (χ4v) is 2.63. The zero-order valence-electron chi connectivity index (χ0n) is 15.3. The van der Waals surface area contributed by atoms with Gasteiger partial charge in [-0.1, -0.05) is 48.0 Å². The zero-order chi connectivity index (χ0) is 15.6. The van der Waals surface area contributed by atoms with Gasteiger partial charge < -0.3 is 10.2 Å². The molecule has 0 fully saturated rings. The summed E-state index contributed by atoms with van der Waals surface area (Å²) < 4.78 is 0. The molecule has 0 saturated heterocycles. The largest absolute Gasteiger partial charge is 0.313 e. The SMILES string of the molecule is CCCCN(CCC(NCCC)C(C)(C)C)C(C)CC. The number of nitrogens with zero attached hydrogens (tertiary/aromatic N) is 1. The molecular weight excluding hydrogens is 244 g/mol. The molecule has 122 valence electrons. The van der Waals surface area contributed by atoms with E-state index in [0.29, 0.717) is 17.5 Å². The summed E-state index contributed by atoms with van der Waals surface area (Å²) in [6.45, 7) is 19.9. The van der Waals surface area contributed by atoms with Crippen LogP contribution < -0.4 is 5.32 Å². The van der Waals surface area contributed by atoms with Gasteiger partial charge in [-0.25, -0.2) is 0 Å². The zero-order valence-corrected chi connectivity index (χ0v) is 15.3. The third kappa shape index (κ3) is 8.26. The Morgan fingerprint density at radius 3 is 2.10 bits per heavy atom. The highest BCUT2D eigenvalue weighted by molar-refractivity contribution is 4.82. The molecule has 0 rings (SSSR count). The van der Waals surface area contributed by atoms with Gasteiger partial charge in [-0.15, -0.1) is 0 Å². The predicted molar refractivity (Wildman–Crippen MR) is 92.4 cm³/mol. The smallest absolute Gasteiger partial charge is 0.0128 e. The molecule has 1 N–H and O–H groups in total. The van der Waals surface area contributed by atoms with Crippen LogP contribution in [0.1, 0.15) is 80.6 Å². The maximum atomic E-state index is 3.75. The van der Waals surface area contributed by atoms with E-state index in [1.165, 1.54) is 45.2 Å². The molecule has 0 aromatic heterocycles. The average molecular weight is 285 g/mol. The van der Waals surface area contributed by atoms with E-state index in [1.807, 2.05) is 0 Å². The van der Waals surface area contributed by atoms with Crippen LogP contribution in [-0.2, 0) is 0 Å². The predicted octanol–water partition coefficient (Wildman–Crippen LogP) is 4.69. The molecule has 0 aromatic carbocycles. The summed E-state index contributed by atoms with van der Waals surface area (Å²) in [4.78, 5) is 2.69. The standard InChI is InChI=1S/C18H40N2/c1-8-11-14-20(16(4)10-3)15-12-17(18(5,6)7)19-13-9-2/h16-17,19H,8-15H2,1-7H3. The highest BCUT2D eigenvalue weighted by Gasteiger charge is 2.24. The summed E-state index contributed by atoms with van der Waals surface area (Å²) in [5, 5.41) is 3.75. The van der Waals surface area contributed by atoms with Crippen LogP contribution >= 0.6 is 0 Å². The molecule has 0 heterocycles. The normalized spacial score (nSPS) is 15.6. The molecule has 0 aromatic rings. The first kappa shape index (κ1) is 19.9. The van der Waals surface area contributed by atoms with Crippen LogP contribution in [0.15, 0.2) is 0 Å². The Hall–Kier alpha value is -0.0800. The molecule has 0 amide bonds. The van der Waals surface area contributed by atoms with Crippen LogP contribution in [0.2, 0.25) is 0 Å². The molecule has 2 atom stereocenters. The van der Waals surface area contributed by atoms with Gasteiger partial charge in [0.25, 0.3) is 0 Å². The molecule has 20 heavy (non-hydrogen) atoms. The van der Waals surface area contributed by atoms with Crippen LogP contribution in [0.25, 0.3) is 0 Å². The minimum Gasteiger partial charge on any atom is -0.313 e. The summed E-state index contributed by atoms with van der Waals surface area (Å²) in [6.07, 6.45) is 6.36. The van der Waals surface area contributed by atoms with Crippen LogP contribution in [0, 0.1) is 5.41 Å². The molecule has 0 aliphatic rings. The molecule has 0 bridgehead atoms. The lowest BCUT2D eigenvalue weighted by Gasteiger charge is -2.35. The van der Waals surface area contributed by atoms with Crippen molar-refractivity contribution in [3.63, 3.8) is 0 Å².